The zero-order valence-electron chi connectivity index (χ0n) is 7.43. The van der Waals surface area contributed by atoms with Crippen molar-refractivity contribution < 1.29 is 4.39 Å². The topological polar surface area (TPSA) is 15.3 Å². The molecule has 2 heterocycles. The van der Waals surface area contributed by atoms with Gasteiger partial charge in [0.15, 0.2) is 0 Å². The molecule has 70 valence electrons. The molecule has 1 N–H and O–H groups in total. The Morgan fingerprint density at radius 2 is 2.33 bits per heavy atom. The minimum Gasteiger partial charge on any atom is -0.313 e. The predicted molar refractivity (Wildman–Crippen MR) is 47.0 cm³/mol. The van der Waals surface area contributed by atoms with Crippen molar-refractivity contribution in [3.05, 3.63) is 0 Å². The highest BCUT2D eigenvalue weighted by molar-refractivity contribution is 4.82. The van der Waals surface area contributed by atoms with Crippen molar-refractivity contribution in [2.45, 2.75) is 31.5 Å². The lowest BCUT2D eigenvalue weighted by Crippen LogP contribution is -2.36. The van der Waals surface area contributed by atoms with E-state index in [4.69, 9.17) is 0 Å². The lowest BCUT2D eigenvalue weighted by Gasteiger charge is -2.19. The van der Waals surface area contributed by atoms with Crippen LogP contribution in [0.25, 0.3) is 0 Å². The molecule has 0 aliphatic carbocycles. The Morgan fingerprint density at radius 3 is 2.92 bits per heavy atom. The summed E-state index contributed by atoms with van der Waals surface area (Å²) in [5.74, 6) is 0. The molecule has 2 fully saturated rings. The molecule has 0 saturated carbocycles. The molecule has 2 saturated heterocycles. The summed E-state index contributed by atoms with van der Waals surface area (Å²) in [6, 6.07) is 0.635. The van der Waals surface area contributed by atoms with Crippen molar-refractivity contribution in [3.8, 4) is 0 Å². The minimum absolute atomic E-state index is 0.564. The van der Waals surface area contributed by atoms with Gasteiger partial charge in [0.1, 0.15) is 6.17 Å². The summed E-state index contributed by atoms with van der Waals surface area (Å²) in [7, 11) is 0. The van der Waals surface area contributed by atoms with Crippen LogP contribution in [-0.4, -0.2) is 43.3 Å². The van der Waals surface area contributed by atoms with Crippen molar-refractivity contribution in [2.75, 3.05) is 26.2 Å². The standard InChI is InChI=1S/C9H17FN2/c10-8-3-5-12(6-8)7-9-2-1-4-11-9/h8-9,11H,1-7H2/t8-,9+/m0/s1. The van der Waals surface area contributed by atoms with E-state index in [1.165, 1.54) is 12.8 Å². The molecule has 2 atom stereocenters. The monoisotopic (exact) mass is 172 g/mol. The quantitative estimate of drug-likeness (QED) is 0.662. The lowest BCUT2D eigenvalue weighted by molar-refractivity contribution is 0.268. The fraction of sp³-hybridized carbons (Fsp3) is 1.00. The van der Waals surface area contributed by atoms with E-state index < -0.39 is 6.17 Å². The first kappa shape index (κ1) is 8.45. The Bertz CT molecular complexity index is 145. The third-order valence-electron chi connectivity index (χ3n) is 2.86. The molecule has 2 aliphatic heterocycles. The molecule has 2 aliphatic rings. The number of likely N-dealkylation sites (tertiary alicyclic amines) is 1. The van der Waals surface area contributed by atoms with Gasteiger partial charge in [-0.3, -0.25) is 4.90 Å². The van der Waals surface area contributed by atoms with Gasteiger partial charge < -0.3 is 5.32 Å². The van der Waals surface area contributed by atoms with Crippen molar-refractivity contribution in [2.24, 2.45) is 0 Å². The smallest absolute Gasteiger partial charge is 0.114 e. The second kappa shape index (κ2) is 3.71. The summed E-state index contributed by atoms with van der Waals surface area (Å²) in [6.45, 7) is 3.83. The van der Waals surface area contributed by atoms with Crippen LogP contribution in [0.1, 0.15) is 19.3 Å². The Hall–Kier alpha value is -0.150. The van der Waals surface area contributed by atoms with E-state index in [0.717, 1.165) is 26.1 Å². The maximum absolute atomic E-state index is 12.8. The second-order valence-electron chi connectivity index (χ2n) is 3.94. The van der Waals surface area contributed by atoms with Crippen LogP contribution in [0.15, 0.2) is 0 Å². The van der Waals surface area contributed by atoms with Crippen LogP contribution in [0.4, 0.5) is 4.39 Å². The number of hydrogen-bond donors (Lipinski definition) is 1. The van der Waals surface area contributed by atoms with E-state index in [9.17, 15) is 4.39 Å². The van der Waals surface area contributed by atoms with Gasteiger partial charge in [0.25, 0.3) is 0 Å². The molecule has 2 nitrogen and oxygen atoms in total. The van der Waals surface area contributed by atoms with Gasteiger partial charge in [0.2, 0.25) is 0 Å². The van der Waals surface area contributed by atoms with Gasteiger partial charge in [-0.1, -0.05) is 0 Å². The Morgan fingerprint density at radius 1 is 1.42 bits per heavy atom. The van der Waals surface area contributed by atoms with Crippen LogP contribution in [0.2, 0.25) is 0 Å². The van der Waals surface area contributed by atoms with Crippen LogP contribution in [0, 0.1) is 0 Å². The number of alkyl halides is 1. The molecule has 2 rings (SSSR count). The number of rotatable bonds is 2. The van der Waals surface area contributed by atoms with E-state index >= 15 is 0 Å². The van der Waals surface area contributed by atoms with Gasteiger partial charge in [-0.2, -0.15) is 0 Å². The number of nitrogens with zero attached hydrogens (tertiary/aromatic N) is 1. The SMILES string of the molecule is F[C@H]1CCN(C[C@H]2CCCN2)C1. The van der Waals surface area contributed by atoms with E-state index in [1.54, 1.807) is 0 Å². The average Bonchev–Trinajstić information content (AvgIpc) is 2.63. The molecule has 0 spiro atoms. The van der Waals surface area contributed by atoms with Gasteiger partial charge in [0, 0.05) is 25.7 Å². The molecule has 0 aromatic carbocycles. The molecule has 0 unspecified atom stereocenters. The highest BCUT2D eigenvalue weighted by Crippen LogP contribution is 2.14. The Labute approximate surface area is 73.1 Å². The first-order chi connectivity index (χ1) is 5.84. The third-order valence-corrected chi connectivity index (χ3v) is 2.86. The van der Waals surface area contributed by atoms with E-state index in [-0.39, 0.29) is 0 Å². The molecular formula is C9H17FN2. The first-order valence-corrected chi connectivity index (χ1v) is 4.94. The van der Waals surface area contributed by atoms with Crippen molar-refractivity contribution >= 4 is 0 Å². The first-order valence-electron chi connectivity index (χ1n) is 4.94. The van der Waals surface area contributed by atoms with Gasteiger partial charge >= 0.3 is 0 Å². The van der Waals surface area contributed by atoms with Gasteiger partial charge in [-0.05, 0) is 25.8 Å². The fourth-order valence-electron chi connectivity index (χ4n) is 2.18. The normalized spacial score (nSPS) is 37.8. The molecule has 12 heavy (non-hydrogen) atoms. The highest BCUT2D eigenvalue weighted by atomic mass is 19.1. The molecule has 0 amide bonds. The summed E-state index contributed by atoms with van der Waals surface area (Å²) >= 11 is 0. The number of nitrogens with one attached hydrogen (secondary N) is 1. The lowest BCUT2D eigenvalue weighted by atomic mass is 10.2. The molecule has 0 aromatic rings. The summed E-state index contributed by atoms with van der Waals surface area (Å²) < 4.78 is 12.8. The van der Waals surface area contributed by atoms with Gasteiger partial charge in [0.05, 0.1) is 0 Å². The minimum atomic E-state index is -0.564. The van der Waals surface area contributed by atoms with E-state index in [1.807, 2.05) is 0 Å². The maximum Gasteiger partial charge on any atom is 0.114 e. The summed E-state index contributed by atoms with van der Waals surface area (Å²) in [5.41, 5.74) is 0. The fourth-order valence-corrected chi connectivity index (χ4v) is 2.18. The van der Waals surface area contributed by atoms with Crippen LogP contribution < -0.4 is 5.32 Å². The van der Waals surface area contributed by atoms with Crippen LogP contribution >= 0.6 is 0 Å². The van der Waals surface area contributed by atoms with Crippen LogP contribution in [-0.2, 0) is 0 Å². The average molecular weight is 172 g/mol. The molecule has 0 radical (unpaired) electrons. The predicted octanol–water partition coefficient (Wildman–Crippen LogP) is 0.782. The van der Waals surface area contributed by atoms with Gasteiger partial charge in [-0.15, -0.1) is 0 Å². The van der Waals surface area contributed by atoms with Crippen LogP contribution in [0.5, 0.6) is 0 Å². The third kappa shape index (κ3) is 1.96. The van der Waals surface area contributed by atoms with Gasteiger partial charge in [-0.25, -0.2) is 4.39 Å². The number of hydrogen-bond acceptors (Lipinski definition) is 2. The second-order valence-corrected chi connectivity index (χ2v) is 3.94. The van der Waals surface area contributed by atoms with E-state index in [2.05, 4.69) is 10.2 Å². The molecular weight excluding hydrogens is 155 g/mol. The number of halogens is 1. The molecule has 3 heteroatoms. The largest absolute Gasteiger partial charge is 0.313 e. The molecule has 0 aromatic heterocycles. The summed E-state index contributed by atoms with van der Waals surface area (Å²) in [4.78, 5) is 2.24. The highest BCUT2D eigenvalue weighted by Gasteiger charge is 2.25. The van der Waals surface area contributed by atoms with Crippen LogP contribution in [0.3, 0.4) is 0 Å². The Balaban J connectivity index is 1.72. The van der Waals surface area contributed by atoms with Crippen molar-refractivity contribution in [3.63, 3.8) is 0 Å². The summed E-state index contributed by atoms with van der Waals surface area (Å²) in [6.07, 6.45) is 2.74. The molecule has 0 bridgehead atoms. The summed E-state index contributed by atoms with van der Waals surface area (Å²) in [5, 5.41) is 3.43. The zero-order chi connectivity index (χ0) is 8.39. The maximum atomic E-state index is 12.8. The van der Waals surface area contributed by atoms with Crippen molar-refractivity contribution in [1.82, 2.24) is 10.2 Å². The zero-order valence-corrected chi connectivity index (χ0v) is 7.43. The van der Waals surface area contributed by atoms with Crippen molar-refractivity contribution in [1.29, 1.82) is 0 Å². The Kier molecular flexibility index (Phi) is 2.61. The van der Waals surface area contributed by atoms with E-state index in [0.29, 0.717) is 12.6 Å².